The first-order chi connectivity index (χ1) is 7.63. The number of carbonyl (C=O) groups is 1. The molecular formula is C13H15NOS. The molecule has 84 valence electrons. The molecule has 2 nitrogen and oxygen atoms in total. The Bertz CT molecular complexity index is 468. The van der Waals surface area contributed by atoms with Gasteiger partial charge in [-0.05, 0) is 23.6 Å². The van der Waals surface area contributed by atoms with Crippen molar-refractivity contribution in [1.82, 2.24) is 4.57 Å². The summed E-state index contributed by atoms with van der Waals surface area (Å²) in [6.45, 7) is 5.23. The number of thiophene rings is 1. The summed E-state index contributed by atoms with van der Waals surface area (Å²) < 4.78 is 2.01. The van der Waals surface area contributed by atoms with E-state index in [1.165, 1.54) is 4.88 Å². The van der Waals surface area contributed by atoms with Crippen LogP contribution in [0.2, 0.25) is 0 Å². The first kappa shape index (κ1) is 11.1. The van der Waals surface area contributed by atoms with Crippen LogP contribution in [0.15, 0.2) is 35.8 Å². The van der Waals surface area contributed by atoms with Crippen molar-refractivity contribution in [2.75, 3.05) is 0 Å². The first-order valence-corrected chi connectivity index (χ1v) is 6.16. The van der Waals surface area contributed by atoms with Crippen LogP contribution in [0.5, 0.6) is 0 Å². The van der Waals surface area contributed by atoms with E-state index in [1.54, 1.807) is 11.3 Å². The molecule has 2 heterocycles. The van der Waals surface area contributed by atoms with E-state index in [9.17, 15) is 4.79 Å². The summed E-state index contributed by atoms with van der Waals surface area (Å²) in [7, 11) is 0. The van der Waals surface area contributed by atoms with Gasteiger partial charge in [0.05, 0.1) is 5.69 Å². The van der Waals surface area contributed by atoms with E-state index < -0.39 is 0 Å². The lowest BCUT2D eigenvalue weighted by Gasteiger charge is -2.24. The molecule has 0 aliphatic heterocycles. The molecule has 0 unspecified atom stereocenters. The minimum Gasteiger partial charge on any atom is -0.344 e. The lowest BCUT2D eigenvalue weighted by atomic mass is 9.91. The van der Waals surface area contributed by atoms with E-state index in [0.29, 0.717) is 0 Å². The minimum absolute atomic E-state index is 0.0605. The van der Waals surface area contributed by atoms with Crippen molar-refractivity contribution in [3.63, 3.8) is 0 Å². The van der Waals surface area contributed by atoms with Crippen LogP contribution >= 0.6 is 11.3 Å². The molecule has 0 N–H and O–H groups in total. The Labute approximate surface area is 99.5 Å². The predicted octanol–water partition coefficient (Wildman–Crippen LogP) is 3.34. The Balaban J connectivity index is 2.24. The largest absolute Gasteiger partial charge is 0.344 e. The van der Waals surface area contributed by atoms with Crippen LogP contribution in [0.4, 0.5) is 0 Å². The predicted molar refractivity (Wildman–Crippen MR) is 67.2 cm³/mol. The molecule has 3 heteroatoms. The maximum absolute atomic E-state index is 10.8. The third kappa shape index (κ3) is 2.09. The number of hydrogen-bond donors (Lipinski definition) is 0. The van der Waals surface area contributed by atoms with E-state index in [4.69, 9.17) is 0 Å². The van der Waals surface area contributed by atoms with Gasteiger partial charge in [-0.1, -0.05) is 19.9 Å². The topological polar surface area (TPSA) is 22.0 Å². The molecule has 0 aliphatic rings. The Kier molecular flexibility index (Phi) is 2.97. The van der Waals surface area contributed by atoms with E-state index in [1.807, 2.05) is 22.9 Å². The summed E-state index contributed by atoms with van der Waals surface area (Å²) >= 11 is 1.76. The second-order valence-corrected chi connectivity index (χ2v) is 5.49. The van der Waals surface area contributed by atoms with Crippen molar-refractivity contribution in [3.8, 4) is 0 Å². The number of carbonyl (C=O) groups excluding carboxylic acids is 1. The number of nitrogens with zero attached hydrogens (tertiary/aromatic N) is 1. The number of aldehydes is 1. The van der Waals surface area contributed by atoms with E-state index in [-0.39, 0.29) is 5.41 Å². The maximum atomic E-state index is 10.8. The van der Waals surface area contributed by atoms with Crippen LogP contribution in [0.1, 0.15) is 29.2 Å². The minimum atomic E-state index is 0.0605. The average molecular weight is 233 g/mol. The van der Waals surface area contributed by atoms with Gasteiger partial charge in [0, 0.05) is 23.0 Å². The highest BCUT2D eigenvalue weighted by molar-refractivity contribution is 7.10. The van der Waals surface area contributed by atoms with Crippen LogP contribution in [-0.2, 0) is 12.0 Å². The summed E-state index contributed by atoms with van der Waals surface area (Å²) in [5, 5.41) is 2.09. The molecular weight excluding hydrogens is 218 g/mol. The fourth-order valence-corrected chi connectivity index (χ4v) is 2.69. The van der Waals surface area contributed by atoms with Gasteiger partial charge in [-0.2, -0.15) is 0 Å². The summed E-state index contributed by atoms with van der Waals surface area (Å²) in [4.78, 5) is 12.2. The molecule has 2 aromatic rings. The molecule has 0 atom stereocenters. The maximum Gasteiger partial charge on any atom is 0.166 e. The van der Waals surface area contributed by atoms with E-state index in [2.05, 4.69) is 31.4 Å². The van der Waals surface area contributed by atoms with Crippen molar-refractivity contribution >= 4 is 17.6 Å². The van der Waals surface area contributed by atoms with Crippen molar-refractivity contribution in [2.45, 2.75) is 25.8 Å². The molecule has 0 saturated heterocycles. The van der Waals surface area contributed by atoms with Gasteiger partial charge >= 0.3 is 0 Å². The third-order valence-electron chi connectivity index (χ3n) is 2.74. The van der Waals surface area contributed by atoms with Crippen LogP contribution in [0, 0.1) is 0 Å². The van der Waals surface area contributed by atoms with Gasteiger partial charge in [-0.3, -0.25) is 4.79 Å². The summed E-state index contributed by atoms with van der Waals surface area (Å²) in [5.41, 5.74) is 0.801. The Morgan fingerprint density at radius 1 is 1.38 bits per heavy atom. The fourth-order valence-electron chi connectivity index (χ4n) is 1.85. The highest BCUT2D eigenvalue weighted by Crippen LogP contribution is 2.29. The molecule has 0 radical (unpaired) electrons. The zero-order valence-electron chi connectivity index (χ0n) is 9.51. The smallest absolute Gasteiger partial charge is 0.166 e. The molecule has 2 aromatic heterocycles. The number of hydrogen-bond acceptors (Lipinski definition) is 2. The lowest BCUT2D eigenvalue weighted by Crippen LogP contribution is -2.23. The standard InChI is InChI=1S/C13H15NOS/c1-13(2,12-6-4-8-16-12)10-14-7-3-5-11(14)9-15/h3-9H,10H2,1-2H3. The molecule has 2 rings (SSSR count). The van der Waals surface area contributed by atoms with Gasteiger partial charge in [0.1, 0.15) is 0 Å². The molecule has 0 aromatic carbocycles. The van der Waals surface area contributed by atoms with Gasteiger partial charge in [0.25, 0.3) is 0 Å². The van der Waals surface area contributed by atoms with Crippen LogP contribution in [0.3, 0.4) is 0 Å². The lowest BCUT2D eigenvalue weighted by molar-refractivity contribution is 0.111. The number of aromatic nitrogens is 1. The zero-order valence-corrected chi connectivity index (χ0v) is 10.3. The molecule has 0 fully saturated rings. The monoisotopic (exact) mass is 233 g/mol. The molecule has 0 aliphatic carbocycles. The summed E-state index contributed by atoms with van der Waals surface area (Å²) in [6, 6.07) is 7.97. The van der Waals surface area contributed by atoms with Gasteiger partial charge in [0.15, 0.2) is 6.29 Å². The Morgan fingerprint density at radius 2 is 2.19 bits per heavy atom. The first-order valence-electron chi connectivity index (χ1n) is 5.28. The molecule has 0 amide bonds. The average Bonchev–Trinajstić information content (AvgIpc) is 2.86. The van der Waals surface area contributed by atoms with Crippen molar-refractivity contribution < 1.29 is 4.79 Å². The Hall–Kier alpha value is -1.35. The van der Waals surface area contributed by atoms with Crippen molar-refractivity contribution in [1.29, 1.82) is 0 Å². The second-order valence-electron chi connectivity index (χ2n) is 4.54. The zero-order chi connectivity index (χ0) is 11.6. The SMILES string of the molecule is CC(C)(Cn1cccc1C=O)c1cccs1. The third-order valence-corrected chi connectivity index (χ3v) is 3.98. The highest BCUT2D eigenvalue weighted by atomic mass is 32.1. The molecule has 0 spiro atoms. The van der Waals surface area contributed by atoms with Crippen molar-refractivity contribution in [2.24, 2.45) is 0 Å². The molecule has 16 heavy (non-hydrogen) atoms. The Morgan fingerprint density at radius 3 is 2.81 bits per heavy atom. The van der Waals surface area contributed by atoms with Crippen LogP contribution in [0.25, 0.3) is 0 Å². The fraction of sp³-hybridized carbons (Fsp3) is 0.308. The summed E-state index contributed by atoms with van der Waals surface area (Å²) in [6.07, 6.45) is 2.86. The van der Waals surface area contributed by atoms with E-state index in [0.717, 1.165) is 18.5 Å². The van der Waals surface area contributed by atoms with E-state index >= 15 is 0 Å². The molecule has 0 bridgehead atoms. The normalized spacial score (nSPS) is 11.6. The van der Waals surface area contributed by atoms with Gasteiger partial charge in [-0.15, -0.1) is 11.3 Å². The van der Waals surface area contributed by atoms with Crippen LogP contribution < -0.4 is 0 Å². The van der Waals surface area contributed by atoms with Crippen molar-refractivity contribution in [3.05, 3.63) is 46.4 Å². The highest BCUT2D eigenvalue weighted by Gasteiger charge is 2.22. The van der Waals surface area contributed by atoms with Gasteiger partial charge < -0.3 is 4.57 Å². The number of rotatable bonds is 4. The summed E-state index contributed by atoms with van der Waals surface area (Å²) in [5.74, 6) is 0. The van der Waals surface area contributed by atoms with Crippen LogP contribution in [-0.4, -0.2) is 10.9 Å². The molecule has 0 saturated carbocycles. The quantitative estimate of drug-likeness (QED) is 0.742. The van der Waals surface area contributed by atoms with Gasteiger partial charge in [0.2, 0.25) is 0 Å². The second kappa shape index (κ2) is 4.26. The van der Waals surface area contributed by atoms with Gasteiger partial charge in [-0.25, -0.2) is 0 Å².